The second-order valence-corrected chi connectivity index (χ2v) is 6.35. The molecule has 2 aromatic rings. The van der Waals surface area contributed by atoms with Gasteiger partial charge in [0.2, 0.25) is 0 Å². The van der Waals surface area contributed by atoms with E-state index >= 15 is 0 Å². The fraction of sp³-hybridized carbons (Fsp3) is 0.474. The number of rotatable bonds is 4. The first-order valence-corrected chi connectivity index (χ1v) is 8.66. The van der Waals surface area contributed by atoms with Crippen molar-refractivity contribution in [2.75, 3.05) is 13.1 Å². The third-order valence-corrected chi connectivity index (χ3v) is 4.75. The van der Waals surface area contributed by atoms with Crippen molar-refractivity contribution in [2.45, 2.75) is 45.6 Å². The minimum Gasteiger partial charge on any atom is -0.441 e. The number of amides is 1. The fourth-order valence-electron chi connectivity index (χ4n) is 3.19. The highest BCUT2D eigenvalue weighted by Gasteiger charge is 2.25. The van der Waals surface area contributed by atoms with Crippen molar-refractivity contribution >= 4 is 6.09 Å². The zero-order valence-corrected chi connectivity index (χ0v) is 14.6. The number of hydrogen-bond acceptors (Lipinski definition) is 5. The molecule has 6 nitrogen and oxygen atoms in total. The van der Waals surface area contributed by atoms with Gasteiger partial charge >= 0.3 is 11.9 Å². The molecule has 0 N–H and O–H groups in total. The Bertz CT molecular complexity index is 783. The van der Waals surface area contributed by atoms with E-state index in [4.69, 9.17) is 13.6 Å². The molecule has 0 saturated carbocycles. The zero-order chi connectivity index (χ0) is 17.8. The van der Waals surface area contributed by atoms with E-state index in [0.29, 0.717) is 24.8 Å². The molecular weight excluding hydrogens is 322 g/mol. The van der Waals surface area contributed by atoms with Crippen LogP contribution >= 0.6 is 0 Å². The van der Waals surface area contributed by atoms with Gasteiger partial charge < -0.3 is 18.5 Å². The van der Waals surface area contributed by atoms with Gasteiger partial charge in [0.25, 0.3) is 0 Å². The van der Waals surface area contributed by atoms with Gasteiger partial charge in [-0.15, -0.1) is 0 Å². The van der Waals surface area contributed by atoms with E-state index in [9.17, 15) is 9.59 Å². The molecule has 0 atom stereocenters. The molecule has 134 valence electrons. The highest BCUT2D eigenvalue weighted by atomic mass is 16.6. The largest absolute Gasteiger partial charge is 0.519 e. The standard InChI is InChI=1S/C19H23NO5/c1-3-14-5-4-6-16(11-14)15-7-9-20(10-8-15)18(21)23-12-17-13(2)24-19(22)25-17/h4-6,11,15H,3,7-10,12H2,1-2H3. The van der Waals surface area contributed by atoms with E-state index in [2.05, 4.69) is 31.2 Å². The van der Waals surface area contributed by atoms with Crippen LogP contribution in [-0.4, -0.2) is 24.1 Å². The summed E-state index contributed by atoms with van der Waals surface area (Å²) in [6, 6.07) is 8.69. The second-order valence-electron chi connectivity index (χ2n) is 6.35. The zero-order valence-electron chi connectivity index (χ0n) is 14.6. The van der Waals surface area contributed by atoms with Crippen LogP contribution < -0.4 is 5.82 Å². The summed E-state index contributed by atoms with van der Waals surface area (Å²) >= 11 is 0. The number of likely N-dealkylation sites (tertiary alicyclic amines) is 1. The van der Waals surface area contributed by atoms with E-state index in [0.717, 1.165) is 19.3 Å². The summed E-state index contributed by atoms with van der Waals surface area (Å²) in [4.78, 5) is 24.9. The maximum absolute atomic E-state index is 12.2. The Labute approximate surface area is 146 Å². The summed E-state index contributed by atoms with van der Waals surface area (Å²) in [5.41, 5.74) is 2.69. The lowest BCUT2D eigenvalue weighted by atomic mass is 9.88. The molecule has 0 radical (unpaired) electrons. The van der Waals surface area contributed by atoms with Crippen LogP contribution in [0.3, 0.4) is 0 Å². The number of ether oxygens (including phenoxy) is 1. The molecule has 6 heteroatoms. The predicted molar refractivity (Wildman–Crippen MR) is 91.5 cm³/mol. The fourth-order valence-corrected chi connectivity index (χ4v) is 3.19. The van der Waals surface area contributed by atoms with E-state index in [1.807, 2.05) is 0 Å². The van der Waals surface area contributed by atoms with Crippen LogP contribution in [0.25, 0.3) is 0 Å². The molecule has 0 unspecified atom stereocenters. The molecule has 0 aliphatic carbocycles. The quantitative estimate of drug-likeness (QED) is 0.846. The Kier molecular flexibility index (Phi) is 5.26. The van der Waals surface area contributed by atoms with Crippen LogP contribution in [0.5, 0.6) is 0 Å². The third-order valence-electron chi connectivity index (χ3n) is 4.75. The minimum absolute atomic E-state index is 0.0884. The molecule has 25 heavy (non-hydrogen) atoms. The van der Waals surface area contributed by atoms with Gasteiger partial charge in [0.05, 0.1) is 0 Å². The maximum Gasteiger partial charge on any atom is 0.519 e. The minimum atomic E-state index is -0.779. The summed E-state index contributed by atoms with van der Waals surface area (Å²) in [5, 5.41) is 0. The monoisotopic (exact) mass is 345 g/mol. The lowest BCUT2D eigenvalue weighted by molar-refractivity contribution is 0.0808. The first-order chi connectivity index (χ1) is 12.1. The van der Waals surface area contributed by atoms with Gasteiger partial charge in [-0.2, -0.15) is 0 Å². The van der Waals surface area contributed by atoms with E-state index in [1.54, 1.807) is 11.8 Å². The van der Waals surface area contributed by atoms with Gasteiger partial charge in [0.15, 0.2) is 18.1 Å². The first-order valence-electron chi connectivity index (χ1n) is 8.66. The molecule has 1 aromatic heterocycles. The Morgan fingerprint density at radius 3 is 2.68 bits per heavy atom. The van der Waals surface area contributed by atoms with Crippen molar-refractivity contribution in [2.24, 2.45) is 0 Å². The van der Waals surface area contributed by atoms with Gasteiger partial charge in [0, 0.05) is 13.1 Å². The molecule has 1 amide bonds. The Balaban J connectivity index is 1.52. The Morgan fingerprint density at radius 2 is 2.04 bits per heavy atom. The van der Waals surface area contributed by atoms with E-state index in [1.165, 1.54) is 11.1 Å². The third kappa shape index (κ3) is 4.13. The molecule has 1 aromatic carbocycles. The average Bonchev–Trinajstić information content (AvgIpc) is 2.97. The van der Waals surface area contributed by atoms with Gasteiger partial charge in [0.1, 0.15) is 0 Å². The topological polar surface area (TPSA) is 72.9 Å². The molecule has 3 rings (SSSR count). The van der Waals surface area contributed by atoms with Gasteiger partial charge in [-0.3, -0.25) is 0 Å². The van der Waals surface area contributed by atoms with Crippen molar-refractivity contribution in [3.05, 3.63) is 57.5 Å². The molecular formula is C19H23NO5. The van der Waals surface area contributed by atoms with E-state index in [-0.39, 0.29) is 18.5 Å². The average molecular weight is 345 g/mol. The molecule has 1 aliphatic rings. The lowest BCUT2D eigenvalue weighted by Crippen LogP contribution is -2.38. The van der Waals surface area contributed by atoms with Crippen LogP contribution in [-0.2, 0) is 17.8 Å². The van der Waals surface area contributed by atoms with Crippen LogP contribution in [0.2, 0.25) is 0 Å². The predicted octanol–water partition coefficient (Wildman–Crippen LogP) is 3.62. The highest BCUT2D eigenvalue weighted by molar-refractivity contribution is 5.67. The smallest absolute Gasteiger partial charge is 0.441 e. The SMILES string of the molecule is CCc1cccc(C2CCN(C(=O)OCc3oc(=O)oc3C)CC2)c1. The number of carbonyl (C=O) groups excluding carboxylic acids is 1. The second kappa shape index (κ2) is 7.59. The maximum atomic E-state index is 12.2. The lowest BCUT2D eigenvalue weighted by Gasteiger charge is -2.31. The molecule has 1 saturated heterocycles. The number of hydrogen-bond donors (Lipinski definition) is 0. The van der Waals surface area contributed by atoms with Crippen molar-refractivity contribution in [3.63, 3.8) is 0 Å². The highest BCUT2D eigenvalue weighted by Crippen LogP contribution is 2.29. The molecule has 0 bridgehead atoms. The summed E-state index contributed by atoms with van der Waals surface area (Å²) in [6.07, 6.45) is 2.48. The van der Waals surface area contributed by atoms with Crippen molar-refractivity contribution in [1.82, 2.24) is 4.90 Å². The van der Waals surface area contributed by atoms with Crippen molar-refractivity contribution in [1.29, 1.82) is 0 Å². The number of carbonyl (C=O) groups is 1. The molecule has 0 spiro atoms. The molecule has 2 heterocycles. The van der Waals surface area contributed by atoms with Crippen LogP contribution in [0.4, 0.5) is 4.79 Å². The molecule has 1 aliphatic heterocycles. The van der Waals surface area contributed by atoms with Gasteiger partial charge in [-0.05, 0) is 43.2 Å². The van der Waals surface area contributed by atoms with Crippen molar-refractivity contribution < 1.29 is 18.4 Å². The number of aryl methyl sites for hydroxylation is 2. The van der Waals surface area contributed by atoms with Crippen LogP contribution in [0.1, 0.15) is 48.3 Å². The van der Waals surface area contributed by atoms with Crippen molar-refractivity contribution in [3.8, 4) is 0 Å². The summed E-state index contributed by atoms with van der Waals surface area (Å²) in [6.45, 7) is 4.99. The normalized spacial score (nSPS) is 15.4. The number of piperidine rings is 1. The Morgan fingerprint density at radius 1 is 1.28 bits per heavy atom. The van der Waals surface area contributed by atoms with Crippen LogP contribution in [0.15, 0.2) is 37.9 Å². The number of nitrogens with zero attached hydrogens (tertiary/aromatic N) is 1. The summed E-state index contributed by atoms with van der Waals surface area (Å²) < 4.78 is 14.8. The summed E-state index contributed by atoms with van der Waals surface area (Å²) in [5.74, 6) is 0.292. The van der Waals surface area contributed by atoms with Gasteiger partial charge in [-0.25, -0.2) is 9.59 Å². The first kappa shape index (κ1) is 17.3. The molecule has 1 fully saturated rings. The summed E-state index contributed by atoms with van der Waals surface area (Å²) in [7, 11) is 0. The van der Waals surface area contributed by atoms with E-state index < -0.39 is 5.82 Å². The number of benzene rings is 1. The van der Waals surface area contributed by atoms with Crippen LogP contribution in [0, 0.1) is 6.92 Å². The Hall–Kier alpha value is -2.50. The van der Waals surface area contributed by atoms with Gasteiger partial charge in [-0.1, -0.05) is 31.2 Å².